The van der Waals surface area contributed by atoms with Crippen molar-refractivity contribution in [3.8, 4) is 16.9 Å². The second-order valence-electron chi connectivity index (χ2n) is 16.4. The largest absolute Gasteiger partial charge is 0.374 e. The van der Waals surface area contributed by atoms with E-state index in [2.05, 4.69) is 45.9 Å². The summed E-state index contributed by atoms with van der Waals surface area (Å²) in [5, 5.41) is 12.0. The Labute approximate surface area is 347 Å². The number of pyridine rings is 1. The Morgan fingerprint density at radius 1 is 0.783 bits per heavy atom. The van der Waals surface area contributed by atoms with Gasteiger partial charge in [-0.15, -0.1) is 0 Å². The van der Waals surface area contributed by atoms with Crippen LogP contribution in [0.25, 0.3) is 16.9 Å². The highest BCUT2D eigenvalue weighted by atomic mass is 19.1. The topological polar surface area (TPSA) is 157 Å². The lowest BCUT2D eigenvalue weighted by Gasteiger charge is -2.39. The van der Waals surface area contributed by atoms with Crippen LogP contribution in [0, 0.1) is 17.6 Å². The van der Waals surface area contributed by atoms with Gasteiger partial charge in [-0.1, -0.05) is 18.2 Å². The van der Waals surface area contributed by atoms with Crippen LogP contribution in [-0.2, 0) is 14.4 Å². The molecule has 5 heterocycles. The lowest BCUT2D eigenvalue weighted by atomic mass is 9.91. The summed E-state index contributed by atoms with van der Waals surface area (Å²) in [4.78, 5) is 64.4. The molecule has 0 bridgehead atoms. The Kier molecular flexibility index (Phi) is 12.8. The number of imide groups is 1. The van der Waals surface area contributed by atoms with Crippen LogP contribution in [-0.4, -0.2) is 113 Å². The summed E-state index contributed by atoms with van der Waals surface area (Å²) in [5.41, 5.74) is 2.20. The number of anilines is 3. The van der Waals surface area contributed by atoms with Gasteiger partial charge in [-0.05, 0) is 100 Å². The molecule has 1 saturated carbocycles. The molecule has 3 amide bonds. The van der Waals surface area contributed by atoms with Crippen LogP contribution < -0.4 is 31.7 Å². The molecular formula is C44H52F2N10O4. The second-order valence-corrected chi connectivity index (χ2v) is 16.4. The number of nitrogens with one attached hydrogen (secondary N) is 4. The number of carbonyl (C=O) groups excluding carboxylic acids is 3. The van der Waals surface area contributed by atoms with E-state index in [0.717, 1.165) is 84.3 Å². The van der Waals surface area contributed by atoms with Crippen molar-refractivity contribution in [1.82, 2.24) is 35.0 Å². The molecule has 16 heteroatoms. The standard InChI is InChI=1S/C44H52F2N10O4/c45-35-25-33(48-37-12-14-39(57)51-43(37)60)11-13-38(35)55-22-20-54(21-23-55)27-29-15-18-53(19-16-29)28-40(58)49-31-7-9-32(10-8-31)50-44-47-26-36(46)42(52-44)30-4-3-5-34(24-30)56-17-2-1-6-41(56)59/h1-6,11,13,17,24-26,29,31-32,37,48H,7-10,12,14-16,18-23,27-28H2,(H,49,58)(H,47,50,52)(H,51,57,60). The van der Waals surface area contributed by atoms with Crippen LogP contribution >= 0.6 is 0 Å². The molecule has 0 radical (unpaired) electrons. The number of halogens is 2. The van der Waals surface area contributed by atoms with Crippen molar-refractivity contribution in [1.29, 1.82) is 0 Å². The molecule has 8 rings (SSSR count). The quantitative estimate of drug-likeness (QED) is 0.152. The van der Waals surface area contributed by atoms with E-state index in [9.17, 15) is 23.6 Å². The molecule has 2 aromatic carbocycles. The third-order valence-corrected chi connectivity index (χ3v) is 12.2. The smallest absolute Gasteiger partial charge is 0.255 e. The van der Waals surface area contributed by atoms with Crippen molar-refractivity contribution >= 4 is 35.0 Å². The fourth-order valence-corrected chi connectivity index (χ4v) is 8.87. The van der Waals surface area contributed by atoms with Crippen molar-refractivity contribution in [2.45, 2.75) is 69.5 Å². The summed E-state index contributed by atoms with van der Waals surface area (Å²) in [6.45, 7) is 6.31. The van der Waals surface area contributed by atoms with Crippen LogP contribution in [0.4, 0.5) is 26.1 Å². The van der Waals surface area contributed by atoms with Gasteiger partial charge in [0, 0.05) is 80.4 Å². The van der Waals surface area contributed by atoms with Crippen molar-refractivity contribution in [2.24, 2.45) is 5.92 Å². The molecule has 1 aliphatic carbocycles. The maximum atomic E-state index is 15.2. The van der Waals surface area contributed by atoms with E-state index < -0.39 is 11.9 Å². The zero-order chi connectivity index (χ0) is 41.6. The highest BCUT2D eigenvalue weighted by Gasteiger charge is 2.29. The number of amides is 3. The Morgan fingerprint density at radius 3 is 2.32 bits per heavy atom. The number of carbonyl (C=O) groups is 3. The number of aromatic nitrogens is 3. The molecule has 1 unspecified atom stereocenters. The predicted molar refractivity (Wildman–Crippen MR) is 225 cm³/mol. The van der Waals surface area contributed by atoms with Gasteiger partial charge in [-0.3, -0.25) is 38.9 Å². The molecule has 2 aromatic heterocycles. The van der Waals surface area contributed by atoms with Crippen LogP contribution in [0.2, 0.25) is 0 Å². The molecule has 3 saturated heterocycles. The number of nitrogens with zero attached hydrogens (tertiary/aromatic N) is 6. The van der Waals surface area contributed by atoms with E-state index in [0.29, 0.717) is 47.5 Å². The minimum Gasteiger partial charge on any atom is -0.374 e. The molecular weight excluding hydrogens is 771 g/mol. The summed E-state index contributed by atoms with van der Waals surface area (Å²) >= 11 is 0. The summed E-state index contributed by atoms with van der Waals surface area (Å²) in [7, 11) is 0. The number of piperazine rings is 1. The normalized spacial score (nSPS) is 22.0. The molecule has 4 fully saturated rings. The number of likely N-dealkylation sites (tertiary alicyclic amines) is 1. The third kappa shape index (κ3) is 10.2. The molecule has 316 valence electrons. The van der Waals surface area contributed by atoms with Crippen molar-refractivity contribution < 1.29 is 23.2 Å². The highest BCUT2D eigenvalue weighted by molar-refractivity contribution is 6.01. The van der Waals surface area contributed by atoms with Crippen LogP contribution in [0.15, 0.2) is 77.9 Å². The highest BCUT2D eigenvalue weighted by Crippen LogP contribution is 2.28. The summed E-state index contributed by atoms with van der Waals surface area (Å²) < 4.78 is 31.6. The maximum absolute atomic E-state index is 15.2. The van der Waals surface area contributed by atoms with Gasteiger partial charge in [-0.2, -0.15) is 0 Å². The van der Waals surface area contributed by atoms with Gasteiger partial charge in [0.2, 0.25) is 23.7 Å². The van der Waals surface area contributed by atoms with E-state index in [4.69, 9.17) is 0 Å². The first-order valence-corrected chi connectivity index (χ1v) is 21.1. The number of rotatable bonds is 12. The predicted octanol–water partition coefficient (Wildman–Crippen LogP) is 4.16. The van der Waals surface area contributed by atoms with Crippen LogP contribution in [0.3, 0.4) is 0 Å². The average Bonchev–Trinajstić information content (AvgIpc) is 3.25. The van der Waals surface area contributed by atoms with Crippen molar-refractivity contribution in [3.05, 3.63) is 95.0 Å². The first-order valence-electron chi connectivity index (χ1n) is 21.1. The monoisotopic (exact) mass is 822 g/mol. The maximum Gasteiger partial charge on any atom is 0.255 e. The van der Waals surface area contributed by atoms with Gasteiger partial charge in [0.05, 0.1) is 18.4 Å². The lowest BCUT2D eigenvalue weighted by Crippen LogP contribution is -2.50. The zero-order valence-corrected chi connectivity index (χ0v) is 33.6. The Bertz CT molecular complexity index is 2230. The molecule has 14 nitrogen and oxygen atoms in total. The summed E-state index contributed by atoms with van der Waals surface area (Å²) in [6, 6.07) is 16.6. The molecule has 4 aliphatic rings. The number of piperidine rings is 2. The summed E-state index contributed by atoms with van der Waals surface area (Å²) in [5.74, 6) is -0.603. The van der Waals surface area contributed by atoms with Gasteiger partial charge >= 0.3 is 0 Å². The van der Waals surface area contributed by atoms with Crippen LogP contribution in [0.5, 0.6) is 0 Å². The van der Waals surface area contributed by atoms with E-state index >= 15 is 4.39 Å². The Balaban J connectivity index is 0.726. The lowest BCUT2D eigenvalue weighted by molar-refractivity contribution is -0.133. The van der Waals surface area contributed by atoms with Crippen LogP contribution in [0.1, 0.15) is 51.4 Å². The first-order chi connectivity index (χ1) is 29.1. The molecule has 1 atom stereocenters. The van der Waals surface area contributed by atoms with Crippen molar-refractivity contribution in [3.63, 3.8) is 0 Å². The van der Waals surface area contributed by atoms with Gasteiger partial charge in [0.1, 0.15) is 17.6 Å². The number of hydrogen-bond acceptors (Lipinski definition) is 11. The molecule has 0 spiro atoms. The van der Waals surface area contributed by atoms with E-state index in [-0.39, 0.29) is 53.3 Å². The van der Waals surface area contributed by atoms with Gasteiger partial charge in [-0.25, -0.2) is 18.7 Å². The minimum absolute atomic E-state index is 0.0551. The molecule has 60 heavy (non-hydrogen) atoms. The Hall–Kier alpha value is -5.74. The third-order valence-electron chi connectivity index (χ3n) is 12.2. The Morgan fingerprint density at radius 2 is 1.57 bits per heavy atom. The zero-order valence-electron chi connectivity index (χ0n) is 33.6. The van der Waals surface area contributed by atoms with Gasteiger partial charge in [0.25, 0.3) is 5.56 Å². The van der Waals surface area contributed by atoms with Gasteiger partial charge < -0.3 is 20.9 Å². The summed E-state index contributed by atoms with van der Waals surface area (Å²) in [6.07, 6.45) is 8.82. The van der Waals surface area contributed by atoms with E-state index in [1.165, 1.54) is 22.9 Å². The molecule has 4 aromatic rings. The minimum atomic E-state index is -0.557. The second kappa shape index (κ2) is 18.7. The van der Waals surface area contributed by atoms with Gasteiger partial charge in [0.15, 0.2) is 5.82 Å². The number of benzene rings is 2. The fourth-order valence-electron chi connectivity index (χ4n) is 8.87. The van der Waals surface area contributed by atoms with E-state index in [1.54, 1.807) is 54.7 Å². The molecule has 4 N–H and O–H groups in total. The van der Waals surface area contributed by atoms with E-state index in [1.807, 2.05) is 0 Å². The molecule has 3 aliphatic heterocycles. The SMILES string of the molecule is O=C1CCC(Nc2ccc(N3CCN(CC4CCN(CC(=O)NC5CCC(Nc6ncc(F)c(-c7cccc(-n8ccccc8=O)c7)n6)CC5)CC4)CC3)c(F)c2)C(=O)N1. The average molecular weight is 823 g/mol. The number of hydrogen-bond donors (Lipinski definition) is 4. The fraction of sp³-hybridized carbons (Fsp3) is 0.455. The van der Waals surface area contributed by atoms with Crippen molar-refractivity contribution in [2.75, 3.05) is 67.9 Å². The first kappa shape index (κ1) is 41.0.